The number of rotatable bonds is 4. The maximum absolute atomic E-state index is 11.2. The summed E-state index contributed by atoms with van der Waals surface area (Å²) in [6, 6.07) is 5.82. The van der Waals surface area contributed by atoms with Gasteiger partial charge < -0.3 is 15.2 Å². The summed E-state index contributed by atoms with van der Waals surface area (Å²) < 4.78 is 2.15. The van der Waals surface area contributed by atoms with Gasteiger partial charge in [0.2, 0.25) is 0 Å². The maximum atomic E-state index is 11.2. The molecule has 2 heterocycles. The molecule has 1 fully saturated rings. The number of aldehydes is 1. The van der Waals surface area contributed by atoms with Crippen LogP contribution in [0.4, 0.5) is 5.69 Å². The molecule has 112 valence electrons. The van der Waals surface area contributed by atoms with E-state index in [0.29, 0.717) is 11.3 Å². The molecule has 3 rings (SSSR count). The van der Waals surface area contributed by atoms with Crippen LogP contribution in [0.2, 0.25) is 0 Å². The van der Waals surface area contributed by atoms with Crippen molar-refractivity contribution in [2.75, 3.05) is 45.5 Å². The summed E-state index contributed by atoms with van der Waals surface area (Å²) >= 11 is 0. The highest BCUT2D eigenvalue weighted by molar-refractivity contribution is 6.04. The zero-order valence-corrected chi connectivity index (χ0v) is 12.5. The summed E-state index contributed by atoms with van der Waals surface area (Å²) in [5.41, 5.74) is 8.42. The molecule has 1 saturated heterocycles. The van der Waals surface area contributed by atoms with Gasteiger partial charge in [0.1, 0.15) is 0 Å². The van der Waals surface area contributed by atoms with Crippen molar-refractivity contribution in [3.8, 4) is 0 Å². The largest absolute Gasteiger partial charge is 0.398 e. The lowest BCUT2D eigenvalue weighted by molar-refractivity contribution is 0.112. The highest BCUT2D eigenvalue weighted by Crippen LogP contribution is 2.26. The topological polar surface area (TPSA) is 54.5 Å². The highest BCUT2D eigenvalue weighted by atomic mass is 16.1. The third-order valence-electron chi connectivity index (χ3n) is 4.35. The van der Waals surface area contributed by atoms with Gasteiger partial charge in [-0.05, 0) is 19.2 Å². The van der Waals surface area contributed by atoms with Gasteiger partial charge in [0, 0.05) is 62.1 Å². The van der Waals surface area contributed by atoms with Crippen molar-refractivity contribution in [1.82, 2.24) is 14.4 Å². The van der Waals surface area contributed by atoms with Gasteiger partial charge in [0.25, 0.3) is 0 Å². The zero-order valence-electron chi connectivity index (χ0n) is 12.5. The normalized spacial score (nSPS) is 17.4. The molecule has 0 saturated carbocycles. The molecule has 5 nitrogen and oxygen atoms in total. The summed E-state index contributed by atoms with van der Waals surface area (Å²) in [4.78, 5) is 16.1. The van der Waals surface area contributed by atoms with Gasteiger partial charge in [-0.25, -0.2) is 0 Å². The molecule has 0 unspecified atom stereocenters. The first-order valence-electron chi connectivity index (χ1n) is 7.42. The van der Waals surface area contributed by atoms with Crippen LogP contribution in [0.3, 0.4) is 0 Å². The van der Waals surface area contributed by atoms with E-state index in [1.165, 1.54) is 0 Å². The summed E-state index contributed by atoms with van der Waals surface area (Å²) in [6.45, 7) is 6.36. The molecule has 0 aliphatic carbocycles. The molecule has 1 aliphatic heterocycles. The van der Waals surface area contributed by atoms with E-state index < -0.39 is 0 Å². The minimum atomic E-state index is 0.674. The van der Waals surface area contributed by atoms with Crippen molar-refractivity contribution in [3.63, 3.8) is 0 Å². The number of carbonyl (C=O) groups excluding carboxylic acids is 1. The standard InChI is InChI=1S/C16H22N4O/c1-18-5-7-19(8-6-18)9-10-20-11-13(12-21)16-14(17)3-2-4-15(16)20/h2-4,11-12H,5-10,17H2,1H3. The molecular formula is C16H22N4O. The summed E-state index contributed by atoms with van der Waals surface area (Å²) in [5, 5.41) is 0.880. The second-order valence-electron chi connectivity index (χ2n) is 5.78. The van der Waals surface area contributed by atoms with Crippen molar-refractivity contribution < 1.29 is 4.79 Å². The Kier molecular flexibility index (Phi) is 3.94. The molecule has 0 radical (unpaired) electrons. The first kappa shape index (κ1) is 14.1. The Balaban J connectivity index is 1.78. The number of nitrogens with zero attached hydrogens (tertiary/aromatic N) is 3. The van der Waals surface area contributed by atoms with Crippen molar-refractivity contribution in [1.29, 1.82) is 0 Å². The number of fused-ring (bicyclic) bond motifs is 1. The Morgan fingerprint density at radius 3 is 2.67 bits per heavy atom. The predicted octanol–water partition coefficient (Wildman–Crippen LogP) is 1.28. The molecule has 1 aliphatic rings. The van der Waals surface area contributed by atoms with E-state index in [2.05, 4.69) is 21.4 Å². The van der Waals surface area contributed by atoms with Crippen LogP contribution in [0, 0.1) is 0 Å². The zero-order chi connectivity index (χ0) is 14.8. The smallest absolute Gasteiger partial charge is 0.152 e. The fourth-order valence-corrected chi connectivity index (χ4v) is 3.01. The molecule has 1 aromatic heterocycles. The van der Waals surface area contributed by atoms with Crippen LogP contribution in [-0.4, -0.2) is 60.4 Å². The number of anilines is 1. The lowest BCUT2D eigenvalue weighted by atomic mass is 10.1. The third kappa shape index (κ3) is 2.80. The van der Waals surface area contributed by atoms with Gasteiger partial charge >= 0.3 is 0 Å². The highest BCUT2D eigenvalue weighted by Gasteiger charge is 2.15. The van der Waals surface area contributed by atoms with Gasteiger partial charge in [-0.2, -0.15) is 0 Å². The molecule has 0 amide bonds. The molecular weight excluding hydrogens is 264 g/mol. The number of hydrogen-bond acceptors (Lipinski definition) is 4. The lowest BCUT2D eigenvalue weighted by Gasteiger charge is -2.32. The summed E-state index contributed by atoms with van der Waals surface area (Å²) in [7, 11) is 2.16. The van der Waals surface area contributed by atoms with Crippen LogP contribution in [0.1, 0.15) is 10.4 Å². The van der Waals surface area contributed by atoms with Gasteiger partial charge in [-0.15, -0.1) is 0 Å². The van der Waals surface area contributed by atoms with E-state index in [4.69, 9.17) is 5.73 Å². The molecule has 1 aromatic carbocycles. The van der Waals surface area contributed by atoms with Gasteiger partial charge in [0.05, 0.1) is 5.52 Å². The molecule has 0 atom stereocenters. The second-order valence-corrected chi connectivity index (χ2v) is 5.78. The van der Waals surface area contributed by atoms with E-state index >= 15 is 0 Å². The third-order valence-corrected chi connectivity index (χ3v) is 4.35. The van der Waals surface area contributed by atoms with Crippen LogP contribution >= 0.6 is 0 Å². The van der Waals surface area contributed by atoms with E-state index in [9.17, 15) is 4.79 Å². The van der Waals surface area contributed by atoms with Crippen LogP contribution in [0.25, 0.3) is 10.9 Å². The Hall–Kier alpha value is -1.85. The Morgan fingerprint density at radius 1 is 1.19 bits per heavy atom. The molecule has 2 N–H and O–H groups in total. The van der Waals surface area contributed by atoms with Crippen LogP contribution in [0.15, 0.2) is 24.4 Å². The van der Waals surface area contributed by atoms with Crippen molar-refractivity contribution in [3.05, 3.63) is 30.0 Å². The quantitative estimate of drug-likeness (QED) is 0.679. The van der Waals surface area contributed by atoms with Gasteiger partial charge in [-0.3, -0.25) is 9.69 Å². The average Bonchev–Trinajstić information content (AvgIpc) is 2.86. The average molecular weight is 286 g/mol. The number of nitrogens with two attached hydrogens (primary N) is 1. The molecule has 0 bridgehead atoms. The number of nitrogen functional groups attached to an aromatic ring is 1. The second kappa shape index (κ2) is 5.87. The van der Waals surface area contributed by atoms with Crippen molar-refractivity contribution in [2.45, 2.75) is 6.54 Å². The molecule has 0 spiro atoms. The van der Waals surface area contributed by atoms with E-state index in [1.54, 1.807) is 0 Å². The van der Waals surface area contributed by atoms with E-state index in [0.717, 1.165) is 56.5 Å². The van der Waals surface area contributed by atoms with Crippen LogP contribution in [0.5, 0.6) is 0 Å². The molecule has 5 heteroatoms. The first-order chi connectivity index (χ1) is 10.2. The number of likely N-dealkylation sites (N-methyl/N-ethyl adjacent to an activating group) is 1. The number of benzene rings is 1. The minimum absolute atomic E-state index is 0.674. The van der Waals surface area contributed by atoms with Gasteiger partial charge in [-0.1, -0.05) is 6.07 Å². The fraction of sp³-hybridized carbons (Fsp3) is 0.438. The summed E-state index contributed by atoms with van der Waals surface area (Å²) in [6.07, 6.45) is 2.81. The van der Waals surface area contributed by atoms with Crippen molar-refractivity contribution in [2.24, 2.45) is 0 Å². The van der Waals surface area contributed by atoms with Crippen LogP contribution in [-0.2, 0) is 6.54 Å². The van der Waals surface area contributed by atoms with E-state index in [1.807, 2.05) is 24.4 Å². The predicted molar refractivity (Wildman–Crippen MR) is 85.7 cm³/mol. The number of hydrogen-bond donors (Lipinski definition) is 1. The van der Waals surface area contributed by atoms with Gasteiger partial charge in [0.15, 0.2) is 6.29 Å². The minimum Gasteiger partial charge on any atom is -0.398 e. The lowest BCUT2D eigenvalue weighted by Crippen LogP contribution is -2.45. The number of piperazine rings is 1. The van der Waals surface area contributed by atoms with Crippen LogP contribution < -0.4 is 5.73 Å². The Bertz CT molecular complexity index is 641. The maximum Gasteiger partial charge on any atom is 0.152 e. The molecule has 2 aromatic rings. The Labute approximate surface area is 124 Å². The first-order valence-corrected chi connectivity index (χ1v) is 7.42. The number of carbonyl (C=O) groups is 1. The van der Waals surface area contributed by atoms with E-state index in [-0.39, 0.29) is 0 Å². The molecule has 21 heavy (non-hydrogen) atoms. The fourth-order valence-electron chi connectivity index (χ4n) is 3.01. The Morgan fingerprint density at radius 2 is 1.95 bits per heavy atom. The number of aromatic nitrogens is 1. The van der Waals surface area contributed by atoms with Crippen molar-refractivity contribution >= 4 is 22.9 Å². The summed E-state index contributed by atoms with van der Waals surface area (Å²) in [5.74, 6) is 0. The monoisotopic (exact) mass is 286 g/mol. The SMILES string of the molecule is CN1CCN(CCn2cc(C=O)c3c(N)cccc32)CC1.